The minimum Gasteiger partial charge on any atom is -0.489 e. The van der Waals surface area contributed by atoms with Gasteiger partial charge >= 0.3 is 0 Å². The smallest absolute Gasteiger partial charge is 0.182 e. The van der Waals surface area contributed by atoms with Crippen molar-refractivity contribution in [2.75, 3.05) is 12.4 Å². The van der Waals surface area contributed by atoms with E-state index in [1.165, 1.54) is 0 Å². The number of hydrogen-bond donors (Lipinski definition) is 0. The van der Waals surface area contributed by atoms with Crippen LogP contribution in [0.3, 0.4) is 0 Å². The molecule has 1 aliphatic heterocycles. The van der Waals surface area contributed by atoms with Crippen molar-refractivity contribution >= 4 is 15.4 Å². The van der Waals surface area contributed by atoms with Crippen molar-refractivity contribution in [2.45, 2.75) is 18.7 Å². The Kier molecular flexibility index (Phi) is 3.79. The van der Waals surface area contributed by atoms with E-state index >= 15 is 0 Å². The van der Waals surface area contributed by atoms with Gasteiger partial charge in [-0.05, 0) is 49.3 Å². The summed E-state index contributed by atoms with van der Waals surface area (Å²) in [5.74, 6) is 0.751. The Morgan fingerprint density at radius 1 is 1.09 bits per heavy atom. The fourth-order valence-electron chi connectivity index (χ4n) is 2.69. The van der Waals surface area contributed by atoms with E-state index < -0.39 is 9.84 Å². The SMILES string of the molecule is Cc1ccc2c(c1)C(CS(=O)(=O)c1ccccc1C)=CCO2. The molecule has 22 heavy (non-hydrogen) atoms. The third kappa shape index (κ3) is 2.79. The van der Waals surface area contributed by atoms with Crippen LogP contribution in [0, 0.1) is 13.8 Å². The van der Waals surface area contributed by atoms with Gasteiger partial charge in [-0.25, -0.2) is 8.42 Å². The highest BCUT2D eigenvalue weighted by atomic mass is 32.2. The lowest BCUT2D eigenvalue weighted by molar-refractivity contribution is 0.357. The van der Waals surface area contributed by atoms with E-state index in [-0.39, 0.29) is 5.75 Å². The molecule has 0 saturated heterocycles. The molecule has 2 aromatic rings. The van der Waals surface area contributed by atoms with Crippen molar-refractivity contribution in [3.05, 3.63) is 65.2 Å². The number of benzene rings is 2. The van der Waals surface area contributed by atoms with Crippen LogP contribution in [0.15, 0.2) is 53.4 Å². The Labute approximate surface area is 131 Å². The van der Waals surface area contributed by atoms with Crippen LogP contribution in [0.4, 0.5) is 0 Å². The lowest BCUT2D eigenvalue weighted by atomic mass is 10.0. The Morgan fingerprint density at radius 3 is 2.64 bits per heavy atom. The van der Waals surface area contributed by atoms with Gasteiger partial charge in [0.25, 0.3) is 0 Å². The Morgan fingerprint density at radius 2 is 1.86 bits per heavy atom. The molecule has 3 rings (SSSR count). The molecule has 3 nitrogen and oxygen atoms in total. The first-order valence-corrected chi connectivity index (χ1v) is 8.84. The van der Waals surface area contributed by atoms with Gasteiger partial charge in [0.15, 0.2) is 9.84 Å². The van der Waals surface area contributed by atoms with Crippen LogP contribution in [0.1, 0.15) is 16.7 Å². The first-order valence-electron chi connectivity index (χ1n) is 7.18. The van der Waals surface area contributed by atoms with Gasteiger partial charge in [-0.2, -0.15) is 0 Å². The van der Waals surface area contributed by atoms with Crippen molar-refractivity contribution in [1.29, 1.82) is 0 Å². The molecule has 0 unspecified atom stereocenters. The van der Waals surface area contributed by atoms with E-state index in [1.54, 1.807) is 12.1 Å². The van der Waals surface area contributed by atoms with Crippen LogP contribution in [0.25, 0.3) is 5.57 Å². The van der Waals surface area contributed by atoms with Crippen molar-refractivity contribution in [1.82, 2.24) is 0 Å². The van der Waals surface area contributed by atoms with Crippen LogP contribution in [0.5, 0.6) is 5.75 Å². The average Bonchev–Trinajstić information content (AvgIpc) is 2.48. The zero-order valence-electron chi connectivity index (χ0n) is 12.7. The highest BCUT2D eigenvalue weighted by Crippen LogP contribution is 2.33. The number of rotatable bonds is 3. The second-order valence-corrected chi connectivity index (χ2v) is 7.52. The monoisotopic (exact) mass is 314 g/mol. The molecule has 0 aliphatic carbocycles. The molecule has 2 aromatic carbocycles. The van der Waals surface area contributed by atoms with Crippen molar-refractivity contribution in [3.8, 4) is 5.75 Å². The largest absolute Gasteiger partial charge is 0.489 e. The number of sulfone groups is 1. The van der Waals surface area contributed by atoms with Crippen LogP contribution in [-0.2, 0) is 9.84 Å². The van der Waals surface area contributed by atoms with Gasteiger partial charge in [-0.3, -0.25) is 0 Å². The summed E-state index contributed by atoms with van der Waals surface area (Å²) in [6.45, 7) is 4.22. The van der Waals surface area contributed by atoms with Crippen molar-refractivity contribution < 1.29 is 13.2 Å². The second kappa shape index (κ2) is 5.61. The Bertz CT molecular complexity index is 848. The quantitative estimate of drug-likeness (QED) is 0.870. The lowest BCUT2D eigenvalue weighted by Gasteiger charge is -2.19. The lowest BCUT2D eigenvalue weighted by Crippen LogP contribution is -2.14. The summed E-state index contributed by atoms with van der Waals surface area (Å²) >= 11 is 0. The van der Waals surface area contributed by atoms with E-state index in [9.17, 15) is 8.42 Å². The van der Waals surface area contributed by atoms with Crippen molar-refractivity contribution in [3.63, 3.8) is 0 Å². The number of ether oxygens (including phenoxy) is 1. The molecule has 114 valence electrons. The molecule has 0 fully saturated rings. The van der Waals surface area contributed by atoms with E-state index in [2.05, 4.69) is 0 Å². The third-order valence-corrected chi connectivity index (χ3v) is 5.64. The molecule has 1 heterocycles. The Hall–Kier alpha value is -2.07. The highest BCUT2D eigenvalue weighted by Gasteiger charge is 2.23. The zero-order chi connectivity index (χ0) is 15.7. The minimum atomic E-state index is -3.37. The molecule has 0 atom stereocenters. The normalized spacial score (nSPS) is 14.0. The zero-order valence-corrected chi connectivity index (χ0v) is 13.5. The summed E-state index contributed by atoms with van der Waals surface area (Å²) in [5, 5.41) is 0. The van der Waals surface area contributed by atoms with E-state index in [4.69, 9.17) is 4.74 Å². The minimum absolute atomic E-state index is 0.00231. The standard InChI is InChI=1S/C18H18O3S/c1-13-7-8-17-16(11-13)15(9-10-21-17)12-22(19,20)18-6-4-3-5-14(18)2/h3-9,11H,10,12H2,1-2H3. The summed E-state index contributed by atoms with van der Waals surface area (Å²) in [6.07, 6.45) is 1.86. The van der Waals surface area contributed by atoms with Crippen LogP contribution >= 0.6 is 0 Å². The molecular weight excluding hydrogens is 296 g/mol. The molecule has 0 amide bonds. The van der Waals surface area contributed by atoms with Crippen LogP contribution in [-0.4, -0.2) is 20.8 Å². The molecule has 0 N–H and O–H groups in total. The molecule has 4 heteroatoms. The van der Waals surface area contributed by atoms with Crippen LogP contribution < -0.4 is 4.74 Å². The van der Waals surface area contributed by atoms with Gasteiger partial charge in [0.05, 0.1) is 10.6 Å². The van der Waals surface area contributed by atoms with Crippen molar-refractivity contribution in [2.24, 2.45) is 0 Å². The van der Waals surface area contributed by atoms with Gasteiger partial charge in [-0.1, -0.05) is 29.8 Å². The topological polar surface area (TPSA) is 43.4 Å². The van der Waals surface area contributed by atoms with Gasteiger partial charge in [0.2, 0.25) is 0 Å². The van der Waals surface area contributed by atoms with Gasteiger partial charge in [0.1, 0.15) is 12.4 Å². The first-order chi connectivity index (χ1) is 10.5. The summed E-state index contributed by atoms with van der Waals surface area (Å²) in [4.78, 5) is 0.400. The predicted octanol–water partition coefficient (Wildman–Crippen LogP) is 3.55. The van der Waals surface area contributed by atoms with E-state index in [0.29, 0.717) is 11.5 Å². The summed E-state index contributed by atoms with van der Waals surface area (Å²) < 4.78 is 31.1. The molecule has 0 spiro atoms. The molecule has 0 radical (unpaired) electrons. The highest BCUT2D eigenvalue weighted by molar-refractivity contribution is 7.92. The predicted molar refractivity (Wildman–Crippen MR) is 87.9 cm³/mol. The summed E-state index contributed by atoms with van der Waals surface area (Å²) in [7, 11) is -3.37. The fraction of sp³-hybridized carbons (Fsp3) is 0.222. The van der Waals surface area contributed by atoms with Gasteiger partial charge in [-0.15, -0.1) is 0 Å². The third-order valence-electron chi connectivity index (χ3n) is 3.82. The fourth-order valence-corrected chi connectivity index (χ4v) is 4.37. The maximum Gasteiger partial charge on any atom is 0.182 e. The maximum absolute atomic E-state index is 12.7. The number of hydrogen-bond acceptors (Lipinski definition) is 3. The first kappa shape index (κ1) is 14.9. The van der Waals surface area contributed by atoms with E-state index in [1.807, 2.05) is 50.3 Å². The maximum atomic E-state index is 12.7. The average molecular weight is 314 g/mol. The molecule has 0 aromatic heterocycles. The molecular formula is C18H18O3S. The number of fused-ring (bicyclic) bond motifs is 1. The second-order valence-electron chi connectivity index (χ2n) is 5.56. The molecule has 0 bridgehead atoms. The summed E-state index contributed by atoms with van der Waals surface area (Å²) in [6, 6.07) is 12.9. The van der Waals surface area contributed by atoms with E-state index in [0.717, 1.165) is 28.0 Å². The summed E-state index contributed by atoms with van der Waals surface area (Å²) in [5.41, 5.74) is 3.56. The molecule has 0 saturated carbocycles. The molecule has 1 aliphatic rings. The van der Waals surface area contributed by atoms with Gasteiger partial charge < -0.3 is 4.74 Å². The number of aryl methyl sites for hydroxylation is 2. The Balaban J connectivity index is 1.99. The van der Waals surface area contributed by atoms with Crippen LogP contribution in [0.2, 0.25) is 0 Å². The van der Waals surface area contributed by atoms with Gasteiger partial charge in [0, 0.05) is 5.56 Å².